The van der Waals surface area contributed by atoms with E-state index in [4.69, 9.17) is 4.52 Å². The van der Waals surface area contributed by atoms with Crippen molar-refractivity contribution in [2.45, 2.75) is 18.6 Å². The molecule has 1 fully saturated rings. The Hall–Kier alpha value is -1.17. The van der Waals surface area contributed by atoms with Crippen molar-refractivity contribution in [3.63, 3.8) is 0 Å². The molecule has 6 heteroatoms. The minimum atomic E-state index is -0.237. The van der Waals surface area contributed by atoms with Crippen molar-refractivity contribution in [3.8, 4) is 0 Å². The number of aromatic nitrogens is 1. The lowest BCUT2D eigenvalue weighted by Crippen LogP contribution is -2.36. The van der Waals surface area contributed by atoms with Gasteiger partial charge in [0, 0.05) is 17.9 Å². The third-order valence-corrected chi connectivity index (χ3v) is 3.49. The first-order valence-electron chi connectivity index (χ1n) is 4.84. The van der Waals surface area contributed by atoms with Crippen LogP contribution in [0.15, 0.2) is 10.6 Å². The van der Waals surface area contributed by atoms with Gasteiger partial charge >= 0.3 is 6.03 Å². The van der Waals surface area contributed by atoms with Crippen molar-refractivity contribution >= 4 is 23.7 Å². The average Bonchev–Trinajstić information content (AvgIpc) is 2.48. The smallest absolute Gasteiger partial charge is 0.321 e. The zero-order valence-electron chi connectivity index (χ0n) is 8.45. The number of hydrogen-bond acceptors (Lipinski definition) is 4. The van der Waals surface area contributed by atoms with Crippen LogP contribution in [0.4, 0.5) is 10.7 Å². The molecule has 0 aromatic carbocycles. The molecule has 1 saturated heterocycles. The van der Waals surface area contributed by atoms with Crippen molar-refractivity contribution in [2.24, 2.45) is 0 Å². The van der Waals surface area contributed by atoms with Crippen molar-refractivity contribution in [3.05, 3.63) is 11.8 Å². The van der Waals surface area contributed by atoms with Crippen LogP contribution in [0.5, 0.6) is 0 Å². The fourth-order valence-corrected chi connectivity index (χ4v) is 2.00. The van der Waals surface area contributed by atoms with Gasteiger partial charge in [-0.05, 0) is 19.1 Å². The maximum Gasteiger partial charge on any atom is 0.321 e. The summed E-state index contributed by atoms with van der Waals surface area (Å²) in [6.45, 7) is 2.52. The minimum absolute atomic E-state index is 0.237. The Kier molecular flexibility index (Phi) is 3.15. The maximum absolute atomic E-state index is 11.3. The molecule has 2 N–H and O–H groups in total. The Morgan fingerprint density at radius 1 is 1.80 bits per heavy atom. The molecule has 1 aromatic heterocycles. The van der Waals surface area contributed by atoms with Gasteiger partial charge in [0.15, 0.2) is 0 Å². The first-order valence-corrected chi connectivity index (χ1v) is 5.88. The van der Waals surface area contributed by atoms with Crippen molar-refractivity contribution in [2.75, 3.05) is 17.6 Å². The number of rotatable bonds is 3. The topological polar surface area (TPSA) is 67.2 Å². The zero-order valence-corrected chi connectivity index (χ0v) is 9.26. The molecular formula is C9H13N3O2S. The van der Waals surface area contributed by atoms with Crippen molar-refractivity contribution < 1.29 is 9.32 Å². The summed E-state index contributed by atoms with van der Waals surface area (Å²) in [7, 11) is 0. The van der Waals surface area contributed by atoms with Crippen LogP contribution in [0, 0.1) is 6.92 Å². The van der Waals surface area contributed by atoms with E-state index in [0.29, 0.717) is 17.7 Å². The summed E-state index contributed by atoms with van der Waals surface area (Å²) in [5, 5.41) is 9.61. The molecule has 0 saturated carbocycles. The monoisotopic (exact) mass is 227 g/mol. The van der Waals surface area contributed by atoms with E-state index in [9.17, 15) is 4.79 Å². The number of carbonyl (C=O) groups is 1. The van der Waals surface area contributed by atoms with E-state index in [1.165, 1.54) is 12.2 Å². The molecule has 2 rings (SSSR count). The lowest BCUT2D eigenvalue weighted by Gasteiger charge is -2.24. The highest BCUT2D eigenvalue weighted by molar-refractivity contribution is 8.01. The Bertz CT molecular complexity index is 349. The van der Waals surface area contributed by atoms with Gasteiger partial charge in [0.1, 0.15) is 0 Å². The van der Waals surface area contributed by atoms with Crippen LogP contribution in [0.1, 0.15) is 12.1 Å². The van der Waals surface area contributed by atoms with Crippen LogP contribution in [0.25, 0.3) is 0 Å². The largest absolute Gasteiger partial charge is 0.338 e. The second-order valence-electron chi connectivity index (χ2n) is 3.45. The van der Waals surface area contributed by atoms with Gasteiger partial charge < -0.3 is 9.84 Å². The standard InChI is InChI=1S/C9H13N3O2S/c1-6-4-8(14-12-6)11-9(13)10-5-7-2-3-15-7/h4,7H,2-3,5H2,1H3,(H2,10,11,13). The first-order chi connectivity index (χ1) is 7.24. The number of aryl methyl sites for hydroxylation is 1. The van der Waals surface area contributed by atoms with Gasteiger partial charge in [-0.2, -0.15) is 11.8 Å². The molecule has 15 heavy (non-hydrogen) atoms. The number of thioether (sulfide) groups is 1. The quantitative estimate of drug-likeness (QED) is 0.823. The molecule has 2 amide bonds. The van der Waals surface area contributed by atoms with Gasteiger partial charge in [-0.25, -0.2) is 4.79 Å². The number of amides is 2. The predicted molar refractivity (Wildman–Crippen MR) is 59.1 cm³/mol. The van der Waals surface area contributed by atoms with Gasteiger partial charge in [-0.15, -0.1) is 0 Å². The Balaban J connectivity index is 1.71. The highest BCUT2D eigenvalue weighted by Gasteiger charge is 2.18. The molecule has 1 aliphatic rings. The third-order valence-electron chi connectivity index (χ3n) is 2.15. The number of nitrogens with zero attached hydrogens (tertiary/aromatic N) is 1. The van der Waals surface area contributed by atoms with E-state index in [0.717, 1.165) is 5.69 Å². The fourth-order valence-electron chi connectivity index (χ4n) is 1.23. The zero-order chi connectivity index (χ0) is 10.7. The van der Waals surface area contributed by atoms with Crippen molar-refractivity contribution in [1.82, 2.24) is 10.5 Å². The van der Waals surface area contributed by atoms with Gasteiger partial charge in [0.2, 0.25) is 5.88 Å². The van der Waals surface area contributed by atoms with E-state index < -0.39 is 0 Å². The van der Waals surface area contributed by atoms with E-state index in [-0.39, 0.29) is 6.03 Å². The lowest BCUT2D eigenvalue weighted by atomic mass is 10.3. The van der Waals surface area contributed by atoms with Gasteiger partial charge in [0.25, 0.3) is 0 Å². The molecular weight excluding hydrogens is 214 g/mol. The van der Waals surface area contributed by atoms with Crippen LogP contribution < -0.4 is 10.6 Å². The van der Waals surface area contributed by atoms with E-state index in [2.05, 4.69) is 15.8 Å². The van der Waals surface area contributed by atoms with Gasteiger partial charge in [-0.1, -0.05) is 5.16 Å². The molecule has 1 aromatic rings. The Morgan fingerprint density at radius 3 is 3.13 bits per heavy atom. The van der Waals surface area contributed by atoms with Crippen LogP contribution in [-0.2, 0) is 0 Å². The van der Waals surface area contributed by atoms with Gasteiger partial charge in [-0.3, -0.25) is 5.32 Å². The molecule has 1 aliphatic heterocycles. The summed E-state index contributed by atoms with van der Waals surface area (Å²) in [6, 6.07) is 1.44. The number of carbonyl (C=O) groups excluding carboxylic acids is 1. The van der Waals surface area contributed by atoms with E-state index in [1.54, 1.807) is 13.0 Å². The lowest BCUT2D eigenvalue weighted by molar-refractivity contribution is 0.251. The molecule has 82 valence electrons. The second-order valence-corrected chi connectivity index (χ2v) is 4.86. The molecule has 5 nitrogen and oxygen atoms in total. The highest BCUT2D eigenvalue weighted by atomic mass is 32.2. The second kappa shape index (κ2) is 4.57. The number of urea groups is 1. The van der Waals surface area contributed by atoms with Crippen LogP contribution in [0.2, 0.25) is 0 Å². The van der Waals surface area contributed by atoms with Crippen LogP contribution in [0.3, 0.4) is 0 Å². The third kappa shape index (κ3) is 2.89. The fraction of sp³-hybridized carbons (Fsp3) is 0.556. The first kappa shape index (κ1) is 10.4. The molecule has 0 aliphatic carbocycles. The SMILES string of the molecule is Cc1cc(NC(=O)NCC2CCS2)on1. The van der Waals surface area contributed by atoms with Gasteiger partial charge in [0.05, 0.1) is 5.69 Å². The Labute approximate surface area is 92.0 Å². The summed E-state index contributed by atoms with van der Waals surface area (Å²) in [4.78, 5) is 11.3. The average molecular weight is 227 g/mol. The normalized spacial score (nSPS) is 19.4. The minimum Gasteiger partial charge on any atom is -0.338 e. The molecule has 0 radical (unpaired) electrons. The van der Waals surface area contributed by atoms with Crippen molar-refractivity contribution in [1.29, 1.82) is 0 Å². The number of hydrogen-bond donors (Lipinski definition) is 2. The number of anilines is 1. The summed E-state index contributed by atoms with van der Waals surface area (Å²) in [5.74, 6) is 1.58. The maximum atomic E-state index is 11.3. The number of nitrogens with one attached hydrogen (secondary N) is 2. The molecule has 2 heterocycles. The Morgan fingerprint density at radius 2 is 2.60 bits per heavy atom. The molecule has 1 unspecified atom stereocenters. The van der Waals surface area contributed by atoms with E-state index >= 15 is 0 Å². The highest BCUT2D eigenvalue weighted by Crippen LogP contribution is 2.26. The summed E-state index contributed by atoms with van der Waals surface area (Å²) < 4.78 is 4.85. The summed E-state index contributed by atoms with van der Waals surface area (Å²) in [6.07, 6.45) is 1.19. The van der Waals surface area contributed by atoms with E-state index in [1.807, 2.05) is 11.8 Å². The summed E-state index contributed by atoms with van der Waals surface area (Å²) in [5.41, 5.74) is 0.750. The molecule has 0 spiro atoms. The van der Waals surface area contributed by atoms with Crippen LogP contribution >= 0.6 is 11.8 Å². The van der Waals surface area contributed by atoms with Crippen LogP contribution in [-0.4, -0.2) is 28.7 Å². The molecule has 0 bridgehead atoms. The molecule has 1 atom stereocenters. The predicted octanol–water partition coefficient (Wildman–Crippen LogP) is 1.61. The summed E-state index contributed by atoms with van der Waals surface area (Å²) >= 11 is 1.88.